The maximum absolute atomic E-state index is 4.44. The van der Waals surface area contributed by atoms with Gasteiger partial charge in [-0.2, -0.15) is 0 Å². The van der Waals surface area contributed by atoms with E-state index in [-0.39, 0.29) is 0 Å². The standard InChI is InChI=1S/C22H24N2/c1-24(2)22-13-14-23-15-21(22)20-12-6-11-19(20)18-10-5-8-16-7-3-4-9-17(16)18/h3-5,7-10,13-15,19-20H,6,11-12H2,1-2H3. The maximum Gasteiger partial charge on any atom is 0.0427 e. The van der Waals surface area contributed by atoms with Crippen LogP contribution in [-0.2, 0) is 0 Å². The number of nitrogens with zero attached hydrogens (tertiary/aromatic N) is 2. The summed E-state index contributed by atoms with van der Waals surface area (Å²) in [5.74, 6) is 1.14. The summed E-state index contributed by atoms with van der Waals surface area (Å²) in [7, 11) is 4.25. The van der Waals surface area contributed by atoms with Gasteiger partial charge in [-0.1, -0.05) is 48.9 Å². The molecule has 3 aromatic rings. The van der Waals surface area contributed by atoms with E-state index in [9.17, 15) is 0 Å². The molecule has 122 valence electrons. The summed E-state index contributed by atoms with van der Waals surface area (Å²) < 4.78 is 0. The zero-order chi connectivity index (χ0) is 16.5. The van der Waals surface area contributed by atoms with Crippen molar-refractivity contribution in [1.29, 1.82) is 0 Å². The molecular formula is C22H24N2. The van der Waals surface area contributed by atoms with Gasteiger partial charge in [-0.3, -0.25) is 4.98 Å². The van der Waals surface area contributed by atoms with Crippen molar-refractivity contribution >= 4 is 16.5 Å². The molecule has 1 aromatic heterocycles. The van der Waals surface area contributed by atoms with Crippen molar-refractivity contribution in [3.8, 4) is 0 Å². The second-order valence-electron chi connectivity index (χ2n) is 7.04. The van der Waals surface area contributed by atoms with Gasteiger partial charge in [-0.15, -0.1) is 0 Å². The normalized spacial score (nSPS) is 20.4. The topological polar surface area (TPSA) is 16.1 Å². The van der Waals surface area contributed by atoms with Gasteiger partial charge in [0, 0.05) is 32.2 Å². The lowest BCUT2D eigenvalue weighted by Gasteiger charge is -2.26. The molecule has 0 saturated heterocycles. The molecule has 1 aliphatic rings. The number of fused-ring (bicyclic) bond motifs is 1. The largest absolute Gasteiger partial charge is 0.377 e. The van der Waals surface area contributed by atoms with Gasteiger partial charge in [-0.05, 0) is 52.6 Å². The van der Waals surface area contributed by atoms with Crippen LogP contribution in [0.25, 0.3) is 10.8 Å². The van der Waals surface area contributed by atoms with Crippen LogP contribution < -0.4 is 4.90 Å². The number of hydrogen-bond donors (Lipinski definition) is 0. The molecule has 1 heterocycles. The summed E-state index contributed by atoms with van der Waals surface area (Å²) in [5, 5.41) is 2.76. The Hall–Kier alpha value is -2.35. The van der Waals surface area contributed by atoms with E-state index in [0.29, 0.717) is 11.8 Å². The molecule has 0 amide bonds. The first kappa shape index (κ1) is 15.2. The lowest BCUT2D eigenvalue weighted by atomic mass is 9.82. The molecule has 0 N–H and O–H groups in total. The van der Waals surface area contributed by atoms with Crippen molar-refractivity contribution in [2.75, 3.05) is 19.0 Å². The molecule has 0 bridgehead atoms. The van der Waals surface area contributed by atoms with Crippen molar-refractivity contribution in [2.45, 2.75) is 31.1 Å². The molecular weight excluding hydrogens is 292 g/mol. The molecule has 1 fully saturated rings. The predicted octanol–water partition coefficient (Wildman–Crippen LogP) is 5.35. The Morgan fingerprint density at radius 3 is 2.46 bits per heavy atom. The summed E-state index contributed by atoms with van der Waals surface area (Å²) in [5.41, 5.74) is 4.21. The van der Waals surface area contributed by atoms with Crippen molar-refractivity contribution in [2.24, 2.45) is 0 Å². The van der Waals surface area contributed by atoms with E-state index < -0.39 is 0 Å². The smallest absolute Gasteiger partial charge is 0.0427 e. The monoisotopic (exact) mass is 316 g/mol. The molecule has 1 saturated carbocycles. The molecule has 0 spiro atoms. The summed E-state index contributed by atoms with van der Waals surface area (Å²) in [4.78, 5) is 6.65. The van der Waals surface area contributed by atoms with Crippen LogP contribution in [0.15, 0.2) is 60.9 Å². The highest BCUT2D eigenvalue weighted by Gasteiger charge is 2.32. The molecule has 2 aromatic carbocycles. The number of anilines is 1. The van der Waals surface area contributed by atoms with Crippen LogP contribution in [0.1, 0.15) is 42.2 Å². The van der Waals surface area contributed by atoms with Crippen LogP contribution in [0, 0.1) is 0 Å². The lowest BCUT2D eigenvalue weighted by molar-refractivity contribution is 0.625. The van der Waals surface area contributed by atoms with E-state index in [1.54, 1.807) is 0 Å². The van der Waals surface area contributed by atoms with Gasteiger partial charge < -0.3 is 4.90 Å². The second kappa shape index (κ2) is 6.27. The zero-order valence-electron chi connectivity index (χ0n) is 14.4. The first-order valence-corrected chi connectivity index (χ1v) is 8.84. The van der Waals surface area contributed by atoms with Crippen LogP contribution in [0.2, 0.25) is 0 Å². The molecule has 1 aliphatic carbocycles. The summed E-state index contributed by atoms with van der Waals surface area (Å²) in [6.07, 6.45) is 7.80. The molecule has 2 atom stereocenters. The number of aromatic nitrogens is 1. The first-order chi connectivity index (χ1) is 11.8. The van der Waals surface area contributed by atoms with Gasteiger partial charge in [0.1, 0.15) is 0 Å². The van der Waals surface area contributed by atoms with E-state index in [2.05, 4.69) is 78.7 Å². The predicted molar refractivity (Wildman–Crippen MR) is 102 cm³/mol. The minimum atomic E-state index is 0.557. The van der Waals surface area contributed by atoms with Crippen LogP contribution in [0.5, 0.6) is 0 Å². The van der Waals surface area contributed by atoms with Crippen molar-refractivity contribution in [1.82, 2.24) is 4.98 Å². The van der Waals surface area contributed by atoms with E-state index in [0.717, 1.165) is 0 Å². The maximum atomic E-state index is 4.44. The SMILES string of the molecule is CN(C)c1ccncc1C1CCCC1c1cccc2ccccc12. The highest BCUT2D eigenvalue weighted by atomic mass is 15.1. The molecule has 2 unspecified atom stereocenters. The van der Waals surface area contributed by atoms with Gasteiger partial charge in [-0.25, -0.2) is 0 Å². The fourth-order valence-electron chi connectivity index (χ4n) is 4.37. The van der Waals surface area contributed by atoms with Crippen molar-refractivity contribution in [3.63, 3.8) is 0 Å². The van der Waals surface area contributed by atoms with E-state index >= 15 is 0 Å². The number of rotatable bonds is 3. The molecule has 2 heteroatoms. The third kappa shape index (κ3) is 2.56. The fraction of sp³-hybridized carbons (Fsp3) is 0.318. The number of benzene rings is 2. The van der Waals surface area contributed by atoms with E-state index in [4.69, 9.17) is 0 Å². The summed E-state index contributed by atoms with van der Waals surface area (Å²) in [6.45, 7) is 0. The van der Waals surface area contributed by atoms with E-state index in [1.807, 2.05) is 6.20 Å². The van der Waals surface area contributed by atoms with Crippen LogP contribution >= 0.6 is 0 Å². The third-order valence-corrected chi connectivity index (χ3v) is 5.45. The number of pyridine rings is 1. The molecule has 4 rings (SSSR count). The highest BCUT2D eigenvalue weighted by molar-refractivity contribution is 5.86. The van der Waals surface area contributed by atoms with Gasteiger partial charge >= 0.3 is 0 Å². The van der Waals surface area contributed by atoms with Gasteiger partial charge in [0.05, 0.1) is 0 Å². The molecule has 0 radical (unpaired) electrons. The molecule has 0 aliphatic heterocycles. The van der Waals surface area contributed by atoms with E-state index in [1.165, 1.54) is 46.8 Å². The van der Waals surface area contributed by atoms with Crippen LogP contribution in [0.3, 0.4) is 0 Å². The summed E-state index contributed by atoms with van der Waals surface area (Å²) >= 11 is 0. The molecule has 24 heavy (non-hydrogen) atoms. The van der Waals surface area contributed by atoms with Crippen LogP contribution in [0.4, 0.5) is 5.69 Å². The molecule has 2 nitrogen and oxygen atoms in total. The Labute approximate surface area is 144 Å². The van der Waals surface area contributed by atoms with Gasteiger partial charge in [0.15, 0.2) is 0 Å². The van der Waals surface area contributed by atoms with Crippen LogP contribution in [-0.4, -0.2) is 19.1 Å². The number of hydrogen-bond acceptors (Lipinski definition) is 2. The highest BCUT2D eigenvalue weighted by Crippen LogP contribution is 2.49. The first-order valence-electron chi connectivity index (χ1n) is 8.84. The van der Waals surface area contributed by atoms with Crippen molar-refractivity contribution in [3.05, 3.63) is 72.1 Å². The quantitative estimate of drug-likeness (QED) is 0.647. The third-order valence-electron chi connectivity index (χ3n) is 5.45. The average Bonchev–Trinajstić information content (AvgIpc) is 3.10. The Morgan fingerprint density at radius 2 is 1.62 bits per heavy atom. The average molecular weight is 316 g/mol. The Morgan fingerprint density at radius 1 is 0.875 bits per heavy atom. The minimum Gasteiger partial charge on any atom is -0.377 e. The second-order valence-corrected chi connectivity index (χ2v) is 7.04. The Bertz CT molecular complexity index is 848. The van der Waals surface area contributed by atoms with Gasteiger partial charge in [0.25, 0.3) is 0 Å². The van der Waals surface area contributed by atoms with Gasteiger partial charge in [0.2, 0.25) is 0 Å². The minimum absolute atomic E-state index is 0.557. The Kier molecular flexibility index (Phi) is 3.97. The zero-order valence-corrected chi connectivity index (χ0v) is 14.4. The van der Waals surface area contributed by atoms with Crippen molar-refractivity contribution < 1.29 is 0 Å². The lowest BCUT2D eigenvalue weighted by Crippen LogP contribution is -2.15. The fourth-order valence-corrected chi connectivity index (χ4v) is 4.37. The Balaban J connectivity index is 1.81. The summed E-state index contributed by atoms with van der Waals surface area (Å²) in [6, 6.07) is 17.7.